The number of benzene rings is 1. The molecule has 0 saturated carbocycles. The molecule has 0 N–H and O–H groups in total. The van der Waals surface area contributed by atoms with Gasteiger partial charge in [0.1, 0.15) is 11.3 Å². The van der Waals surface area contributed by atoms with Gasteiger partial charge in [0, 0.05) is 13.1 Å². The molecule has 2 unspecified atom stereocenters. The normalized spacial score (nSPS) is 19.6. The van der Waals surface area contributed by atoms with Crippen LogP contribution in [-0.4, -0.2) is 80.4 Å². The zero-order valence-electron chi connectivity index (χ0n) is 21.4. The zero-order chi connectivity index (χ0) is 27.2. The fourth-order valence-corrected chi connectivity index (χ4v) is 4.74. The third-order valence-electron chi connectivity index (χ3n) is 6.22. The maximum absolute atomic E-state index is 14.5. The number of anilines is 1. The van der Waals surface area contributed by atoms with Gasteiger partial charge >= 0.3 is 18.2 Å². The number of carbonyl (C=O) groups excluding carboxylic acids is 2. The first-order chi connectivity index (χ1) is 18.0. The number of amides is 1. The summed E-state index contributed by atoms with van der Waals surface area (Å²) in [4.78, 5) is 33.9. The van der Waals surface area contributed by atoms with Crippen LogP contribution in [0.4, 0.5) is 19.6 Å². The first kappa shape index (κ1) is 25.7. The Bertz CT molecular complexity index is 1320. The average Bonchev–Trinajstić information content (AvgIpc) is 3.57. The summed E-state index contributed by atoms with van der Waals surface area (Å²) in [5.74, 6) is -2.19. The smallest absolute Gasteiger partial charge is 0.459 e. The van der Waals surface area contributed by atoms with E-state index in [1.807, 2.05) is 25.7 Å². The number of aromatic nitrogens is 4. The van der Waals surface area contributed by atoms with Crippen LogP contribution in [0.2, 0.25) is 0 Å². The number of halogens is 2. The Balaban J connectivity index is 1.47. The summed E-state index contributed by atoms with van der Waals surface area (Å²) in [6.07, 6.45) is -0.143. The number of hydrogen-bond acceptors (Lipinski definition) is 10. The minimum Gasteiger partial charge on any atom is -0.459 e. The van der Waals surface area contributed by atoms with E-state index in [0.29, 0.717) is 18.8 Å². The van der Waals surface area contributed by atoms with Crippen molar-refractivity contribution >= 4 is 29.2 Å². The number of rotatable bonds is 6. The lowest BCUT2D eigenvalue weighted by atomic mass is 10.2. The fraction of sp³-hybridized carbons (Fsp3) is 0.542. The molecule has 0 aliphatic carbocycles. The van der Waals surface area contributed by atoms with Gasteiger partial charge < -0.3 is 23.5 Å². The molecule has 2 fully saturated rings. The first-order valence-electron chi connectivity index (χ1n) is 12.3. The highest BCUT2D eigenvalue weighted by Gasteiger charge is 2.47. The number of nitrogens with zero attached hydrogens (tertiary/aromatic N) is 6. The molecule has 2 aliphatic rings. The molecule has 14 heteroatoms. The molecule has 4 heterocycles. The van der Waals surface area contributed by atoms with Gasteiger partial charge in [-0.15, -0.1) is 4.80 Å². The maximum atomic E-state index is 14.5. The summed E-state index contributed by atoms with van der Waals surface area (Å²) in [6, 6.07) is 2.57. The van der Waals surface area contributed by atoms with Gasteiger partial charge in [0.15, 0.2) is 16.8 Å². The van der Waals surface area contributed by atoms with Crippen molar-refractivity contribution in [2.24, 2.45) is 0 Å². The standard InChI is InChI=1S/C24H28F2N6O6/c1-5-35-20(33)24(25,26)37-17-9-8-16(32-27-10-11-28-32)19-18(17)29-21(36-19)30-12-14-6-7-15(13-30)31(14)22(34)38-23(2,3)4/h8-11,14-15H,5-7,12-13H2,1-4H3. The molecule has 2 saturated heterocycles. The van der Waals surface area contributed by atoms with E-state index in [2.05, 4.69) is 19.9 Å². The van der Waals surface area contributed by atoms with Crippen LogP contribution >= 0.6 is 0 Å². The molecule has 0 radical (unpaired) electrons. The van der Waals surface area contributed by atoms with Crippen molar-refractivity contribution in [3.05, 3.63) is 24.5 Å². The fourth-order valence-electron chi connectivity index (χ4n) is 4.74. The summed E-state index contributed by atoms with van der Waals surface area (Å²) >= 11 is 0. The maximum Gasteiger partial charge on any atom is 0.502 e. The van der Waals surface area contributed by atoms with Gasteiger partial charge in [-0.1, -0.05) is 0 Å². The van der Waals surface area contributed by atoms with Crippen LogP contribution in [0, 0.1) is 0 Å². The summed E-state index contributed by atoms with van der Waals surface area (Å²) < 4.78 is 49.8. The van der Waals surface area contributed by atoms with Crippen molar-refractivity contribution in [3.8, 4) is 11.4 Å². The predicted octanol–water partition coefficient (Wildman–Crippen LogP) is 3.53. The number of fused-ring (bicyclic) bond motifs is 3. The van der Waals surface area contributed by atoms with E-state index in [9.17, 15) is 18.4 Å². The molecule has 38 heavy (non-hydrogen) atoms. The second kappa shape index (κ2) is 9.40. The first-order valence-corrected chi connectivity index (χ1v) is 12.3. The SMILES string of the molecule is CCOC(=O)C(F)(F)Oc1ccc(-n2nccn2)c2oc(N3CC4CCC(C3)N4C(=O)OC(C)(C)C)nc12. The molecular formula is C24H28F2N6O6. The van der Waals surface area contributed by atoms with Crippen molar-refractivity contribution in [3.63, 3.8) is 0 Å². The topological polar surface area (TPSA) is 125 Å². The average molecular weight is 535 g/mol. The summed E-state index contributed by atoms with van der Waals surface area (Å²) in [5, 5.41) is 8.18. The molecule has 1 amide bonds. The Hall–Kier alpha value is -3.97. The minimum atomic E-state index is -4.24. The van der Waals surface area contributed by atoms with Gasteiger partial charge in [-0.3, -0.25) is 4.90 Å². The molecule has 0 spiro atoms. The van der Waals surface area contributed by atoms with Crippen LogP contribution in [0.25, 0.3) is 16.8 Å². The molecule has 12 nitrogen and oxygen atoms in total. The van der Waals surface area contributed by atoms with Crippen LogP contribution in [0.15, 0.2) is 28.9 Å². The molecule has 2 aliphatic heterocycles. The monoisotopic (exact) mass is 534 g/mol. The number of esters is 1. The van der Waals surface area contributed by atoms with E-state index in [4.69, 9.17) is 13.9 Å². The second-order valence-corrected chi connectivity index (χ2v) is 10.1. The number of hydrogen-bond donors (Lipinski definition) is 0. The Morgan fingerprint density at radius 3 is 2.37 bits per heavy atom. The summed E-state index contributed by atoms with van der Waals surface area (Å²) in [7, 11) is 0. The summed E-state index contributed by atoms with van der Waals surface area (Å²) in [5.41, 5.74) is -0.228. The largest absolute Gasteiger partial charge is 0.502 e. The highest BCUT2D eigenvalue weighted by molar-refractivity contribution is 5.89. The molecule has 2 atom stereocenters. The third kappa shape index (κ3) is 4.82. The highest BCUT2D eigenvalue weighted by Crippen LogP contribution is 2.39. The van der Waals surface area contributed by atoms with Crippen LogP contribution in [0.1, 0.15) is 40.5 Å². The van der Waals surface area contributed by atoms with Crippen molar-refractivity contribution in [2.75, 3.05) is 24.6 Å². The zero-order valence-corrected chi connectivity index (χ0v) is 21.4. The van der Waals surface area contributed by atoms with E-state index in [1.54, 1.807) is 4.90 Å². The van der Waals surface area contributed by atoms with Crippen LogP contribution < -0.4 is 9.64 Å². The van der Waals surface area contributed by atoms with Crippen molar-refractivity contribution in [1.29, 1.82) is 0 Å². The van der Waals surface area contributed by atoms with E-state index in [0.717, 1.165) is 12.8 Å². The lowest BCUT2D eigenvalue weighted by Gasteiger charge is -2.40. The molecule has 1 aromatic carbocycles. The quantitative estimate of drug-likeness (QED) is 0.434. The highest BCUT2D eigenvalue weighted by atomic mass is 19.3. The van der Waals surface area contributed by atoms with E-state index < -0.39 is 17.7 Å². The Kier molecular flexibility index (Phi) is 6.35. The molecule has 2 bridgehead atoms. The molecular weight excluding hydrogens is 506 g/mol. The van der Waals surface area contributed by atoms with Crippen molar-refractivity contribution < 1.29 is 37.0 Å². The van der Waals surface area contributed by atoms with Crippen LogP contribution in [0.5, 0.6) is 5.75 Å². The number of alkyl halides is 2. The lowest BCUT2D eigenvalue weighted by Crippen LogP contribution is -2.56. The number of oxazole rings is 1. The van der Waals surface area contributed by atoms with E-state index in [1.165, 1.54) is 36.2 Å². The van der Waals surface area contributed by atoms with Gasteiger partial charge in [0.05, 0.1) is 31.1 Å². The van der Waals surface area contributed by atoms with Gasteiger partial charge in [-0.25, -0.2) is 9.59 Å². The Morgan fingerprint density at radius 1 is 1.11 bits per heavy atom. The number of carbonyl (C=O) groups is 2. The predicted molar refractivity (Wildman–Crippen MR) is 128 cm³/mol. The van der Waals surface area contributed by atoms with Gasteiger partial charge in [-0.05, 0) is 52.7 Å². The van der Waals surface area contributed by atoms with Crippen LogP contribution in [-0.2, 0) is 14.3 Å². The second-order valence-electron chi connectivity index (χ2n) is 10.1. The minimum absolute atomic E-state index is 0.0410. The van der Waals surface area contributed by atoms with Crippen LogP contribution in [0.3, 0.4) is 0 Å². The Morgan fingerprint density at radius 2 is 1.76 bits per heavy atom. The molecule has 3 aromatic rings. The third-order valence-corrected chi connectivity index (χ3v) is 6.22. The van der Waals surface area contributed by atoms with E-state index in [-0.39, 0.29) is 47.6 Å². The molecule has 5 rings (SSSR count). The molecule has 204 valence electrons. The van der Waals surface area contributed by atoms with Crippen molar-refractivity contribution in [2.45, 2.75) is 64.3 Å². The molecule has 2 aromatic heterocycles. The van der Waals surface area contributed by atoms with Crippen molar-refractivity contribution in [1.82, 2.24) is 24.9 Å². The van der Waals surface area contributed by atoms with Gasteiger partial charge in [-0.2, -0.15) is 24.0 Å². The van der Waals surface area contributed by atoms with E-state index >= 15 is 0 Å². The number of piperazine rings is 1. The van der Waals surface area contributed by atoms with Gasteiger partial charge in [0.25, 0.3) is 6.01 Å². The lowest BCUT2D eigenvalue weighted by molar-refractivity contribution is -0.216. The number of ether oxygens (including phenoxy) is 3. The summed E-state index contributed by atoms with van der Waals surface area (Å²) in [6.45, 7) is 7.45. The Labute approximate surface area is 216 Å². The van der Waals surface area contributed by atoms with Gasteiger partial charge in [0.2, 0.25) is 0 Å².